The van der Waals surface area contributed by atoms with Crippen molar-refractivity contribution in [3.05, 3.63) is 59.2 Å². The predicted octanol–water partition coefficient (Wildman–Crippen LogP) is 3.30. The number of aryl methyl sites for hydroxylation is 2. The lowest BCUT2D eigenvalue weighted by molar-refractivity contribution is -0.118. The first-order valence-electron chi connectivity index (χ1n) is 7.25. The number of rotatable bonds is 2. The maximum Gasteiger partial charge on any atom is 0.249 e. The van der Waals surface area contributed by atoms with E-state index in [1.54, 1.807) is 4.90 Å². The lowest BCUT2D eigenvalue weighted by Crippen LogP contribution is -2.40. The first kappa shape index (κ1) is 13.7. The molecule has 0 saturated heterocycles. The van der Waals surface area contributed by atoms with Crippen molar-refractivity contribution in [2.75, 3.05) is 17.3 Å². The van der Waals surface area contributed by atoms with Crippen molar-refractivity contribution in [2.45, 2.75) is 26.3 Å². The number of nitrogens with zero attached hydrogens (tertiary/aromatic N) is 1. The zero-order valence-corrected chi connectivity index (χ0v) is 12.7. The van der Waals surface area contributed by atoms with Gasteiger partial charge >= 0.3 is 0 Å². The van der Waals surface area contributed by atoms with Gasteiger partial charge in [0.25, 0.3) is 0 Å². The van der Waals surface area contributed by atoms with Crippen LogP contribution in [0.15, 0.2) is 42.5 Å². The molecule has 21 heavy (non-hydrogen) atoms. The van der Waals surface area contributed by atoms with E-state index in [2.05, 4.69) is 24.4 Å². The minimum Gasteiger partial charge on any atom is -0.373 e. The van der Waals surface area contributed by atoms with E-state index in [4.69, 9.17) is 0 Å². The van der Waals surface area contributed by atoms with Crippen molar-refractivity contribution in [2.24, 2.45) is 0 Å². The van der Waals surface area contributed by atoms with E-state index in [0.29, 0.717) is 0 Å². The van der Waals surface area contributed by atoms with Crippen LogP contribution in [0, 0.1) is 13.8 Å². The summed E-state index contributed by atoms with van der Waals surface area (Å²) in [7, 11) is 1.85. The van der Waals surface area contributed by atoms with Gasteiger partial charge in [-0.2, -0.15) is 0 Å². The van der Waals surface area contributed by atoms with Crippen LogP contribution in [-0.2, 0) is 11.2 Å². The van der Waals surface area contributed by atoms with Crippen molar-refractivity contribution < 1.29 is 4.79 Å². The zero-order valence-electron chi connectivity index (χ0n) is 12.7. The Morgan fingerprint density at radius 2 is 1.95 bits per heavy atom. The van der Waals surface area contributed by atoms with Crippen molar-refractivity contribution in [1.82, 2.24) is 0 Å². The molecule has 2 aromatic rings. The highest BCUT2D eigenvalue weighted by Crippen LogP contribution is 2.28. The van der Waals surface area contributed by atoms with Gasteiger partial charge in [-0.1, -0.05) is 35.9 Å². The molecule has 0 saturated carbocycles. The van der Waals surface area contributed by atoms with Crippen LogP contribution in [0.25, 0.3) is 0 Å². The van der Waals surface area contributed by atoms with E-state index < -0.39 is 0 Å². The summed E-state index contributed by atoms with van der Waals surface area (Å²) in [5.74, 6) is 0.109. The van der Waals surface area contributed by atoms with Gasteiger partial charge < -0.3 is 10.2 Å². The molecule has 1 N–H and O–H groups in total. The lowest BCUT2D eigenvalue weighted by Gasteiger charge is -2.23. The van der Waals surface area contributed by atoms with Gasteiger partial charge in [0.15, 0.2) is 0 Å². The Morgan fingerprint density at radius 1 is 1.19 bits per heavy atom. The summed E-state index contributed by atoms with van der Waals surface area (Å²) in [4.78, 5) is 14.5. The SMILES string of the molecule is Cc1ccc(N(C)C(=O)C2Cc3ccccc3N2)c(C)c1. The molecule has 3 nitrogen and oxygen atoms in total. The van der Waals surface area contributed by atoms with Crippen LogP contribution in [-0.4, -0.2) is 19.0 Å². The average Bonchev–Trinajstić information content (AvgIpc) is 2.89. The van der Waals surface area contributed by atoms with Crippen LogP contribution in [0.4, 0.5) is 11.4 Å². The number of likely N-dealkylation sites (N-methyl/N-ethyl adjacent to an activating group) is 1. The van der Waals surface area contributed by atoms with E-state index in [0.717, 1.165) is 23.4 Å². The third-order valence-corrected chi connectivity index (χ3v) is 4.11. The highest BCUT2D eigenvalue weighted by Gasteiger charge is 2.29. The fourth-order valence-corrected chi connectivity index (χ4v) is 2.98. The van der Waals surface area contributed by atoms with Crippen molar-refractivity contribution in [3.8, 4) is 0 Å². The number of para-hydroxylation sites is 1. The summed E-state index contributed by atoms with van der Waals surface area (Å²) in [6.45, 7) is 4.11. The van der Waals surface area contributed by atoms with Gasteiger partial charge in [0.2, 0.25) is 5.91 Å². The van der Waals surface area contributed by atoms with Gasteiger partial charge in [-0.15, -0.1) is 0 Å². The zero-order chi connectivity index (χ0) is 15.0. The van der Waals surface area contributed by atoms with Crippen molar-refractivity contribution in [3.63, 3.8) is 0 Å². The van der Waals surface area contributed by atoms with Crippen molar-refractivity contribution >= 4 is 17.3 Å². The second kappa shape index (κ2) is 5.24. The summed E-state index contributed by atoms with van der Waals surface area (Å²) >= 11 is 0. The molecular formula is C18H20N2O. The van der Waals surface area contributed by atoms with Crippen LogP contribution in [0.5, 0.6) is 0 Å². The van der Waals surface area contributed by atoms with Gasteiger partial charge in [0.1, 0.15) is 6.04 Å². The molecule has 0 bridgehead atoms. The molecule has 0 aromatic heterocycles. The largest absolute Gasteiger partial charge is 0.373 e. The molecule has 0 fully saturated rings. The van der Waals surface area contributed by atoms with Crippen LogP contribution < -0.4 is 10.2 Å². The maximum atomic E-state index is 12.7. The summed E-state index contributed by atoms with van der Waals surface area (Å²) < 4.78 is 0. The molecule has 0 spiro atoms. The minimum absolute atomic E-state index is 0.109. The van der Waals surface area contributed by atoms with Gasteiger partial charge in [0.05, 0.1) is 0 Å². The average molecular weight is 280 g/mol. The summed E-state index contributed by atoms with van der Waals surface area (Å²) in [6.07, 6.45) is 0.754. The number of carbonyl (C=O) groups is 1. The molecule has 1 aliphatic heterocycles. The molecule has 1 unspecified atom stereocenters. The topological polar surface area (TPSA) is 32.3 Å². The highest BCUT2D eigenvalue weighted by molar-refractivity contribution is 6.00. The first-order valence-corrected chi connectivity index (χ1v) is 7.25. The van der Waals surface area contributed by atoms with Gasteiger partial charge in [-0.05, 0) is 37.1 Å². The molecule has 2 aromatic carbocycles. The number of carbonyl (C=O) groups excluding carboxylic acids is 1. The van der Waals surface area contributed by atoms with Crippen molar-refractivity contribution in [1.29, 1.82) is 0 Å². The Kier molecular flexibility index (Phi) is 3.42. The molecule has 1 aliphatic rings. The number of hydrogen-bond acceptors (Lipinski definition) is 2. The fourth-order valence-electron chi connectivity index (χ4n) is 2.98. The second-order valence-electron chi connectivity index (χ2n) is 5.75. The predicted molar refractivity (Wildman–Crippen MR) is 86.9 cm³/mol. The highest BCUT2D eigenvalue weighted by atomic mass is 16.2. The number of fused-ring (bicyclic) bond motifs is 1. The number of benzene rings is 2. The van der Waals surface area contributed by atoms with Crippen LogP contribution >= 0.6 is 0 Å². The number of anilines is 2. The van der Waals surface area contributed by atoms with Gasteiger partial charge in [0, 0.05) is 24.8 Å². The molecular weight excluding hydrogens is 260 g/mol. The quantitative estimate of drug-likeness (QED) is 0.915. The standard InChI is InChI=1S/C18H20N2O/c1-12-8-9-17(13(2)10-12)20(3)18(21)16-11-14-6-4-5-7-15(14)19-16/h4-10,16,19H,11H2,1-3H3. The van der Waals surface area contributed by atoms with E-state index in [1.165, 1.54) is 11.1 Å². The van der Waals surface area contributed by atoms with E-state index in [1.807, 2.05) is 44.3 Å². The number of hydrogen-bond donors (Lipinski definition) is 1. The molecule has 0 aliphatic carbocycles. The smallest absolute Gasteiger partial charge is 0.249 e. The molecule has 1 amide bonds. The maximum absolute atomic E-state index is 12.7. The fraction of sp³-hybridized carbons (Fsp3) is 0.278. The molecule has 108 valence electrons. The Balaban J connectivity index is 1.80. The molecule has 1 atom stereocenters. The van der Waals surface area contributed by atoms with Crippen LogP contribution in [0.3, 0.4) is 0 Å². The number of nitrogens with one attached hydrogen (secondary N) is 1. The lowest BCUT2D eigenvalue weighted by atomic mass is 10.1. The Bertz CT molecular complexity index is 668. The Morgan fingerprint density at radius 3 is 2.67 bits per heavy atom. The van der Waals surface area contributed by atoms with Gasteiger partial charge in [-0.3, -0.25) is 4.79 Å². The summed E-state index contributed by atoms with van der Waals surface area (Å²) in [5, 5.41) is 3.32. The minimum atomic E-state index is -0.173. The summed E-state index contributed by atoms with van der Waals surface area (Å²) in [6, 6.07) is 14.1. The van der Waals surface area contributed by atoms with E-state index in [9.17, 15) is 4.79 Å². The van der Waals surface area contributed by atoms with E-state index >= 15 is 0 Å². The summed E-state index contributed by atoms with van der Waals surface area (Å²) in [5.41, 5.74) is 5.60. The molecule has 0 radical (unpaired) electrons. The Hall–Kier alpha value is -2.29. The Labute approximate surface area is 125 Å². The monoisotopic (exact) mass is 280 g/mol. The molecule has 3 heteroatoms. The normalized spacial score (nSPS) is 16.2. The van der Waals surface area contributed by atoms with Gasteiger partial charge in [-0.25, -0.2) is 0 Å². The van der Waals surface area contributed by atoms with Crippen LogP contribution in [0.1, 0.15) is 16.7 Å². The third kappa shape index (κ3) is 2.51. The van der Waals surface area contributed by atoms with E-state index in [-0.39, 0.29) is 11.9 Å². The molecule has 3 rings (SSSR count). The third-order valence-electron chi connectivity index (χ3n) is 4.11. The van der Waals surface area contributed by atoms with Crippen LogP contribution in [0.2, 0.25) is 0 Å². The second-order valence-corrected chi connectivity index (χ2v) is 5.75. The number of amides is 1. The molecule has 1 heterocycles. The first-order chi connectivity index (χ1) is 10.1.